The molecule has 0 fully saturated rings. The first-order valence-corrected chi connectivity index (χ1v) is 10.7. The van der Waals surface area contributed by atoms with Gasteiger partial charge in [0.15, 0.2) is 11.5 Å². The first-order valence-electron chi connectivity index (χ1n) is 10.3. The summed E-state index contributed by atoms with van der Waals surface area (Å²) in [6.45, 7) is 3.96. The molecule has 0 aliphatic carbocycles. The summed E-state index contributed by atoms with van der Waals surface area (Å²) >= 11 is 6.14. The summed E-state index contributed by atoms with van der Waals surface area (Å²) < 4.78 is 11.5. The third-order valence-corrected chi connectivity index (χ3v) is 6.04. The summed E-state index contributed by atoms with van der Waals surface area (Å²) in [5.41, 5.74) is 5.06. The molecule has 4 aromatic rings. The highest BCUT2D eigenvalue weighted by Crippen LogP contribution is 2.45. The Kier molecular flexibility index (Phi) is 6.19. The normalized spacial score (nSPS) is 12.0. The van der Waals surface area contributed by atoms with Crippen LogP contribution in [0.1, 0.15) is 33.9 Å². The number of pyridine rings is 2. The second-order valence-electron chi connectivity index (χ2n) is 7.79. The van der Waals surface area contributed by atoms with Gasteiger partial charge in [-0.05, 0) is 37.1 Å². The lowest BCUT2D eigenvalue weighted by atomic mass is 9.84. The van der Waals surface area contributed by atoms with Crippen molar-refractivity contribution in [3.05, 3.63) is 87.8 Å². The van der Waals surface area contributed by atoms with Crippen LogP contribution >= 0.6 is 11.6 Å². The second kappa shape index (κ2) is 9.05. The summed E-state index contributed by atoms with van der Waals surface area (Å²) in [5.74, 6) is 1.22. The number of phenols is 1. The van der Waals surface area contributed by atoms with Gasteiger partial charge in [-0.15, -0.1) is 0 Å². The Morgan fingerprint density at radius 1 is 0.938 bits per heavy atom. The van der Waals surface area contributed by atoms with Crippen molar-refractivity contribution in [1.82, 2.24) is 9.97 Å². The topological polar surface area (TPSA) is 64.5 Å². The number of aromatic nitrogens is 2. The van der Waals surface area contributed by atoms with Crippen molar-refractivity contribution in [3.63, 3.8) is 0 Å². The highest BCUT2D eigenvalue weighted by Gasteiger charge is 2.27. The molecule has 1 unspecified atom stereocenters. The first-order chi connectivity index (χ1) is 15.4. The second-order valence-corrected chi connectivity index (χ2v) is 8.23. The highest BCUT2D eigenvalue weighted by atomic mass is 35.5. The first kappa shape index (κ1) is 21.9. The summed E-state index contributed by atoms with van der Waals surface area (Å²) in [4.78, 5) is 8.98. The monoisotopic (exact) mass is 448 g/mol. The van der Waals surface area contributed by atoms with Gasteiger partial charge in [-0.1, -0.05) is 41.9 Å². The van der Waals surface area contributed by atoms with Crippen LogP contribution in [0.2, 0.25) is 5.02 Å². The number of nitrogens with zero attached hydrogens (tertiary/aromatic N) is 2. The molecular weight excluding hydrogens is 424 g/mol. The molecule has 2 aromatic carbocycles. The molecule has 0 saturated heterocycles. The third kappa shape index (κ3) is 3.96. The zero-order valence-electron chi connectivity index (χ0n) is 18.5. The minimum absolute atomic E-state index is 0.154. The van der Waals surface area contributed by atoms with Crippen LogP contribution in [0, 0.1) is 13.8 Å². The molecule has 0 aliphatic rings. The molecule has 4 rings (SSSR count). The van der Waals surface area contributed by atoms with Crippen molar-refractivity contribution >= 4 is 22.5 Å². The van der Waals surface area contributed by atoms with E-state index in [1.165, 1.54) is 0 Å². The summed E-state index contributed by atoms with van der Waals surface area (Å²) in [7, 11) is 3.26. The molecule has 0 aliphatic heterocycles. The number of aryl methyl sites for hydroxylation is 2. The number of hydrogen-bond acceptors (Lipinski definition) is 5. The fourth-order valence-electron chi connectivity index (χ4n) is 4.20. The van der Waals surface area contributed by atoms with E-state index in [1.807, 2.05) is 56.3 Å². The molecule has 0 amide bonds. The van der Waals surface area contributed by atoms with E-state index in [4.69, 9.17) is 21.1 Å². The molecule has 164 valence electrons. The van der Waals surface area contributed by atoms with Gasteiger partial charge in [-0.2, -0.15) is 0 Å². The molecule has 0 spiro atoms. The average Bonchev–Trinajstić information content (AvgIpc) is 2.79. The molecule has 6 heteroatoms. The molecule has 1 atom stereocenters. The maximum absolute atomic E-state index is 11.2. The van der Waals surface area contributed by atoms with Crippen LogP contribution in [0.3, 0.4) is 0 Å². The van der Waals surface area contributed by atoms with Gasteiger partial charge in [-0.25, -0.2) is 0 Å². The van der Waals surface area contributed by atoms with Gasteiger partial charge in [0.25, 0.3) is 0 Å². The molecule has 32 heavy (non-hydrogen) atoms. The number of phenolic OH excluding ortho intramolecular Hbond substituents is 1. The minimum atomic E-state index is -0.252. The number of aromatic hydroxyl groups is 1. The van der Waals surface area contributed by atoms with Gasteiger partial charge in [-0.3, -0.25) is 9.97 Å². The number of fused-ring (bicyclic) bond motifs is 1. The SMILES string of the molecule is COc1c(C)ccc(C(Cc2ncc(Cl)cc2C)c2ccc3cccnc3c2O)c1OC. The van der Waals surface area contributed by atoms with E-state index < -0.39 is 0 Å². The van der Waals surface area contributed by atoms with Crippen LogP contribution in [-0.4, -0.2) is 29.3 Å². The fourth-order valence-corrected chi connectivity index (χ4v) is 4.42. The minimum Gasteiger partial charge on any atom is -0.505 e. The van der Waals surface area contributed by atoms with E-state index in [9.17, 15) is 5.11 Å². The van der Waals surface area contributed by atoms with E-state index in [-0.39, 0.29) is 11.7 Å². The highest BCUT2D eigenvalue weighted by molar-refractivity contribution is 6.30. The molecule has 0 bridgehead atoms. The van der Waals surface area contributed by atoms with Crippen molar-refractivity contribution in [2.45, 2.75) is 26.2 Å². The number of benzene rings is 2. The maximum atomic E-state index is 11.2. The van der Waals surface area contributed by atoms with Crippen LogP contribution < -0.4 is 9.47 Å². The molecule has 2 aromatic heterocycles. The fraction of sp³-hybridized carbons (Fsp3) is 0.231. The van der Waals surface area contributed by atoms with Gasteiger partial charge in [0.2, 0.25) is 0 Å². The standard InChI is InChI=1S/C26H25ClN2O3/c1-15-7-9-20(26(32-4)25(15)31-3)21(13-22-16(2)12-18(27)14-29-22)19-10-8-17-6-5-11-28-23(17)24(19)30/h5-12,14,21,30H,13H2,1-4H3. The van der Waals surface area contributed by atoms with Crippen LogP contribution in [0.25, 0.3) is 10.9 Å². The average molecular weight is 449 g/mol. The van der Waals surface area contributed by atoms with Gasteiger partial charge in [0.05, 0.1) is 19.2 Å². The molecular formula is C26H25ClN2O3. The van der Waals surface area contributed by atoms with Crippen molar-refractivity contribution < 1.29 is 14.6 Å². The van der Waals surface area contributed by atoms with Gasteiger partial charge in [0, 0.05) is 46.9 Å². The lowest BCUT2D eigenvalue weighted by Crippen LogP contribution is -2.11. The number of methoxy groups -OCH3 is 2. The Morgan fingerprint density at radius 3 is 2.41 bits per heavy atom. The number of hydrogen-bond donors (Lipinski definition) is 1. The quantitative estimate of drug-likeness (QED) is 0.392. The molecule has 5 nitrogen and oxygen atoms in total. The van der Waals surface area contributed by atoms with Crippen LogP contribution in [-0.2, 0) is 6.42 Å². The van der Waals surface area contributed by atoms with Gasteiger partial charge in [0.1, 0.15) is 11.3 Å². The largest absolute Gasteiger partial charge is 0.505 e. The molecule has 0 saturated carbocycles. The van der Waals surface area contributed by atoms with E-state index in [1.54, 1.807) is 26.6 Å². The Hall–Kier alpha value is -3.31. The lowest BCUT2D eigenvalue weighted by Gasteiger charge is -2.24. The number of halogens is 1. The van der Waals surface area contributed by atoms with Crippen molar-refractivity contribution in [2.24, 2.45) is 0 Å². The predicted octanol–water partition coefficient (Wildman–Crippen LogP) is 6.00. The van der Waals surface area contributed by atoms with E-state index in [0.29, 0.717) is 28.5 Å². The maximum Gasteiger partial charge on any atom is 0.164 e. The van der Waals surface area contributed by atoms with E-state index in [0.717, 1.165) is 33.3 Å². The smallest absolute Gasteiger partial charge is 0.164 e. The Bertz CT molecular complexity index is 1290. The van der Waals surface area contributed by atoms with Crippen LogP contribution in [0.4, 0.5) is 0 Å². The zero-order chi connectivity index (χ0) is 22.8. The van der Waals surface area contributed by atoms with Crippen molar-refractivity contribution in [1.29, 1.82) is 0 Å². The Balaban J connectivity index is 1.95. The van der Waals surface area contributed by atoms with Crippen LogP contribution in [0.5, 0.6) is 17.2 Å². The molecule has 1 N–H and O–H groups in total. The Morgan fingerprint density at radius 2 is 1.69 bits per heavy atom. The Labute approximate surface area is 192 Å². The van der Waals surface area contributed by atoms with Crippen molar-refractivity contribution in [3.8, 4) is 17.2 Å². The van der Waals surface area contributed by atoms with Crippen molar-refractivity contribution in [2.75, 3.05) is 14.2 Å². The summed E-state index contributed by atoms with van der Waals surface area (Å²) in [5, 5.41) is 12.7. The van der Waals surface area contributed by atoms with Gasteiger partial charge >= 0.3 is 0 Å². The van der Waals surface area contributed by atoms with Crippen LogP contribution in [0.15, 0.2) is 54.9 Å². The molecule has 0 radical (unpaired) electrons. The lowest BCUT2D eigenvalue weighted by molar-refractivity contribution is 0.348. The molecule has 2 heterocycles. The predicted molar refractivity (Wildman–Crippen MR) is 127 cm³/mol. The third-order valence-electron chi connectivity index (χ3n) is 5.83. The van der Waals surface area contributed by atoms with E-state index >= 15 is 0 Å². The summed E-state index contributed by atoms with van der Waals surface area (Å²) in [6, 6.07) is 13.6. The van der Waals surface area contributed by atoms with Gasteiger partial charge < -0.3 is 14.6 Å². The van der Waals surface area contributed by atoms with E-state index in [2.05, 4.69) is 9.97 Å². The number of ether oxygens (including phenoxy) is 2. The summed E-state index contributed by atoms with van der Waals surface area (Å²) in [6.07, 6.45) is 3.87. The number of rotatable bonds is 6. The zero-order valence-corrected chi connectivity index (χ0v) is 19.3.